The third-order valence-electron chi connectivity index (χ3n) is 1.67. The molecule has 1 aliphatic carbocycles. The summed E-state index contributed by atoms with van der Waals surface area (Å²) < 4.78 is 0. The van der Waals surface area contributed by atoms with E-state index in [0.29, 0.717) is 13.1 Å². The van der Waals surface area contributed by atoms with Crippen molar-refractivity contribution in [2.24, 2.45) is 11.5 Å². The quantitative estimate of drug-likeness (QED) is 0.486. The minimum Gasteiger partial charge on any atom is -0.344 e. The van der Waals surface area contributed by atoms with Gasteiger partial charge < -0.3 is 23.8 Å². The van der Waals surface area contributed by atoms with Gasteiger partial charge in [-0.05, 0) is 0 Å². The van der Waals surface area contributed by atoms with Crippen molar-refractivity contribution < 1.29 is 0 Å². The van der Waals surface area contributed by atoms with Crippen LogP contribution in [0.15, 0.2) is 0 Å². The first-order valence-electron chi connectivity index (χ1n) is 4.32. The molecule has 0 aliphatic heterocycles. The molecule has 0 atom stereocenters. The van der Waals surface area contributed by atoms with E-state index >= 15 is 0 Å². The second-order valence-corrected chi connectivity index (χ2v) is 2.70. The van der Waals surface area contributed by atoms with Gasteiger partial charge in [0, 0.05) is 13.1 Å². The zero-order valence-corrected chi connectivity index (χ0v) is 8.23. The van der Waals surface area contributed by atoms with Crippen molar-refractivity contribution in [1.82, 2.24) is 12.3 Å². The number of nitrogens with two attached hydrogens (primary N) is 2. The SMILES string of the molecule is C1CCCCC1.N.N.NCCN. The molecule has 0 aromatic carbocycles. The third-order valence-corrected chi connectivity index (χ3v) is 1.67. The zero-order valence-electron chi connectivity index (χ0n) is 8.23. The van der Waals surface area contributed by atoms with Crippen LogP contribution >= 0.6 is 0 Å². The summed E-state index contributed by atoms with van der Waals surface area (Å²) in [6, 6.07) is 0. The molecule has 0 amide bonds. The summed E-state index contributed by atoms with van der Waals surface area (Å²) in [6.07, 6.45) is 9.00. The maximum atomic E-state index is 4.90. The molecule has 1 saturated carbocycles. The molecule has 0 saturated heterocycles. The maximum absolute atomic E-state index is 4.90. The Balaban J connectivity index is -0.000000124. The second kappa shape index (κ2) is 17.1. The van der Waals surface area contributed by atoms with Crippen LogP contribution in [0.3, 0.4) is 0 Å². The first kappa shape index (κ1) is 17.8. The van der Waals surface area contributed by atoms with Crippen LogP contribution in [0.2, 0.25) is 0 Å². The summed E-state index contributed by atoms with van der Waals surface area (Å²) in [5.41, 5.74) is 9.81. The molecule has 0 heterocycles. The molecule has 1 fully saturated rings. The van der Waals surface area contributed by atoms with Crippen molar-refractivity contribution in [3.63, 3.8) is 0 Å². The predicted molar refractivity (Wildman–Crippen MR) is 55.9 cm³/mol. The predicted octanol–water partition coefficient (Wildman–Crippen LogP) is 1.57. The summed E-state index contributed by atoms with van der Waals surface area (Å²) >= 11 is 0. The van der Waals surface area contributed by atoms with Gasteiger partial charge in [0.2, 0.25) is 0 Å². The largest absolute Gasteiger partial charge is 0.344 e. The van der Waals surface area contributed by atoms with Crippen molar-refractivity contribution >= 4 is 0 Å². The molecule has 0 aromatic rings. The Morgan fingerprint density at radius 1 is 0.583 bits per heavy atom. The average molecular weight is 178 g/mol. The molecular formula is C8H26N4. The molecule has 4 nitrogen and oxygen atoms in total. The summed E-state index contributed by atoms with van der Waals surface area (Å²) in [5.74, 6) is 0. The first-order valence-corrected chi connectivity index (χ1v) is 4.32. The molecule has 78 valence electrons. The normalized spacial score (nSPS) is 14.5. The summed E-state index contributed by atoms with van der Waals surface area (Å²) in [6.45, 7) is 1.19. The molecule has 0 aromatic heterocycles. The Hall–Kier alpha value is -0.160. The lowest BCUT2D eigenvalue weighted by molar-refractivity contribution is 0.504. The van der Waals surface area contributed by atoms with Crippen molar-refractivity contribution in [2.75, 3.05) is 13.1 Å². The van der Waals surface area contributed by atoms with E-state index in [2.05, 4.69) is 0 Å². The molecule has 0 radical (unpaired) electrons. The van der Waals surface area contributed by atoms with Gasteiger partial charge in [-0.15, -0.1) is 0 Å². The minimum atomic E-state index is 0. The summed E-state index contributed by atoms with van der Waals surface area (Å²) in [7, 11) is 0. The van der Waals surface area contributed by atoms with Crippen molar-refractivity contribution in [2.45, 2.75) is 38.5 Å². The van der Waals surface area contributed by atoms with Gasteiger partial charge in [-0.1, -0.05) is 38.5 Å². The molecule has 4 heteroatoms. The van der Waals surface area contributed by atoms with Crippen LogP contribution in [0.5, 0.6) is 0 Å². The van der Waals surface area contributed by atoms with Crippen LogP contribution in [-0.2, 0) is 0 Å². The van der Waals surface area contributed by atoms with E-state index in [1.807, 2.05) is 0 Å². The Morgan fingerprint density at radius 2 is 0.750 bits per heavy atom. The monoisotopic (exact) mass is 178 g/mol. The van der Waals surface area contributed by atoms with E-state index < -0.39 is 0 Å². The molecule has 0 spiro atoms. The highest BCUT2D eigenvalue weighted by Crippen LogP contribution is 2.15. The fourth-order valence-corrected chi connectivity index (χ4v) is 1.06. The lowest BCUT2D eigenvalue weighted by Gasteiger charge is -2.05. The zero-order chi connectivity index (χ0) is 7.66. The van der Waals surface area contributed by atoms with Gasteiger partial charge in [0.25, 0.3) is 0 Å². The van der Waals surface area contributed by atoms with Crippen LogP contribution < -0.4 is 23.8 Å². The second-order valence-electron chi connectivity index (χ2n) is 2.70. The average Bonchev–Trinajstić information content (AvgIpc) is 2.08. The van der Waals surface area contributed by atoms with Crippen LogP contribution in [-0.4, -0.2) is 13.1 Å². The Morgan fingerprint density at radius 3 is 0.833 bits per heavy atom. The summed E-state index contributed by atoms with van der Waals surface area (Å²) in [5, 5.41) is 0. The van der Waals surface area contributed by atoms with Crippen molar-refractivity contribution in [1.29, 1.82) is 0 Å². The topological polar surface area (TPSA) is 122 Å². The highest BCUT2D eigenvalue weighted by atomic mass is 14.6. The highest BCUT2D eigenvalue weighted by Gasteiger charge is 1.95. The van der Waals surface area contributed by atoms with E-state index in [1.54, 1.807) is 0 Å². The Bertz CT molecular complexity index is 41.5. The van der Waals surface area contributed by atoms with E-state index in [4.69, 9.17) is 11.5 Å². The molecule has 1 rings (SSSR count). The molecule has 0 unspecified atom stereocenters. The van der Waals surface area contributed by atoms with Crippen LogP contribution in [0.4, 0.5) is 0 Å². The van der Waals surface area contributed by atoms with Gasteiger partial charge in [-0.25, -0.2) is 0 Å². The number of hydrogen-bond acceptors (Lipinski definition) is 4. The van der Waals surface area contributed by atoms with E-state index in [-0.39, 0.29) is 12.3 Å². The van der Waals surface area contributed by atoms with Crippen LogP contribution in [0, 0.1) is 0 Å². The Kier molecular flexibility index (Phi) is 25.3. The standard InChI is InChI=1S/C6H12.C2H8N2.2H3N/c1-2-4-6-5-3-1;3-1-2-4;;/h1-6H2;1-4H2;2*1H3. The van der Waals surface area contributed by atoms with Crippen molar-refractivity contribution in [3.05, 3.63) is 0 Å². The van der Waals surface area contributed by atoms with Gasteiger partial charge >= 0.3 is 0 Å². The van der Waals surface area contributed by atoms with Gasteiger partial charge in [0.1, 0.15) is 0 Å². The van der Waals surface area contributed by atoms with E-state index in [0.717, 1.165) is 0 Å². The smallest absolute Gasteiger partial charge is 0.00461 e. The third kappa shape index (κ3) is 16.4. The number of hydrogen-bond donors (Lipinski definition) is 4. The summed E-state index contributed by atoms with van der Waals surface area (Å²) in [4.78, 5) is 0. The molecule has 12 heavy (non-hydrogen) atoms. The lowest BCUT2D eigenvalue weighted by atomic mass is 10.0. The number of rotatable bonds is 1. The van der Waals surface area contributed by atoms with Gasteiger partial charge in [-0.3, -0.25) is 0 Å². The van der Waals surface area contributed by atoms with Crippen molar-refractivity contribution in [3.8, 4) is 0 Å². The lowest BCUT2D eigenvalue weighted by Crippen LogP contribution is -2.11. The molecule has 0 bridgehead atoms. The highest BCUT2D eigenvalue weighted by molar-refractivity contribution is 4.51. The first-order chi connectivity index (χ1) is 4.91. The minimum absolute atomic E-state index is 0. The van der Waals surface area contributed by atoms with E-state index in [1.165, 1.54) is 38.5 Å². The maximum Gasteiger partial charge on any atom is 0.00461 e. The van der Waals surface area contributed by atoms with Crippen LogP contribution in [0.1, 0.15) is 38.5 Å². The van der Waals surface area contributed by atoms with E-state index in [9.17, 15) is 0 Å². The molecular weight excluding hydrogens is 152 g/mol. The fraction of sp³-hybridized carbons (Fsp3) is 1.00. The fourth-order valence-electron chi connectivity index (χ4n) is 1.06. The van der Waals surface area contributed by atoms with Crippen LogP contribution in [0.25, 0.3) is 0 Å². The van der Waals surface area contributed by atoms with Gasteiger partial charge in [0.15, 0.2) is 0 Å². The molecule has 10 N–H and O–H groups in total. The van der Waals surface area contributed by atoms with Gasteiger partial charge in [0.05, 0.1) is 0 Å². The van der Waals surface area contributed by atoms with Gasteiger partial charge in [-0.2, -0.15) is 0 Å². The molecule has 1 aliphatic rings. The Labute approximate surface area is 76.2 Å².